The number of carbonyl (C=O) groups excluding carboxylic acids is 2. The highest BCUT2D eigenvalue weighted by Crippen LogP contribution is 2.46. The number of hydrogen-bond donors (Lipinski definition) is 4. The van der Waals surface area contributed by atoms with E-state index >= 15 is 0 Å². The molecule has 10 nitrogen and oxygen atoms in total. The first-order chi connectivity index (χ1) is 19.4. The van der Waals surface area contributed by atoms with E-state index in [0.717, 1.165) is 37.7 Å². The van der Waals surface area contributed by atoms with Crippen molar-refractivity contribution in [1.82, 2.24) is 26.7 Å². The quantitative estimate of drug-likeness (QED) is 0.351. The average molecular weight is 587 g/mol. The van der Waals surface area contributed by atoms with E-state index in [0.29, 0.717) is 39.1 Å². The van der Waals surface area contributed by atoms with Crippen LogP contribution in [0.2, 0.25) is 10.0 Å². The molecule has 0 aromatic heterocycles. The van der Waals surface area contributed by atoms with Crippen molar-refractivity contribution in [2.24, 2.45) is 10.1 Å². The molecule has 40 heavy (non-hydrogen) atoms. The first kappa shape index (κ1) is 28.4. The Morgan fingerprint density at radius 1 is 1.20 bits per heavy atom. The Morgan fingerprint density at radius 3 is 2.60 bits per heavy atom. The Labute approximate surface area is 243 Å². The molecule has 212 valence electrons. The second kappa shape index (κ2) is 12.1. The number of hydrazine groups is 2. The molecule has 1 fully saturated rings. The van der Waals surface area contributed by atoms with Gasteiger partial charge in [-0.25, -0.2) is 10.5 Å². The highest BCUT2D eigenvalue weighted by molar-refractivity contribution is 6.48. The van der Waals surface area contributed by atoms with Crippen LogP contribution in [0.25, 0.3) is 0 Å². The van der Waals surface area contributed by atoms with Gasteiger partial charge in [0.2, 0.25) is 0 Å². The summed E-state index contributed by atoms with van der Waals surface area (Å²) in [5.74, 6) is 0.177. The third-order valence-corrected chi connectivity index (χ3v) is 8.08. The van der Waals surface area contributed by atoms with Gasteiger partial charge in [0, 0.05) is 28.3 Å². The lowest BCUT2D eigenvalue weighted by Gasteiger charge is -2.47. The summed E-state index contributed by atoms with van der Waals surface area (Å²) in [5.41, 5.74) is 9.53. The van der Waals surface area contributed by atoms with E-state index in [2.05, 4.69) is 33.8 Å². The van der Waals surface area contributed by atoms with Crippen LogP contribution >= 0.6 is 23.2 Å². The monoisotopic (exact) mass is 585 g/mol. The number of nitrogens with one attached hydrogen (secondary N) is 4. The van der Waals surface area contributed by atoms with Crippen molar-refractivity contribution < 1.29 is 14.3 Å². The number of methoxy groups -OCH3 is 1. The molecule has 5 rings (SSSR count). The number of amides is 2. The van der Waals surface area contributed by atoms with Gasteiger partial charge in [-0.3, -0.25) is 15.0 Å². The van der Waals surface area contributed by atoms with Gasteiger partial charge in [-0.2, -0.15) is 0 Å². The average Bonchev–Trinajstić information content (AvgIpc) is 3.57. The van der Waals surface area contributed by atoms with E-state index in [1.165, 1.54) is 0 Å². The lowest BCUT2D eigenvalue weighted by Crippen LogP contribution is -2.57. The van der Waals surface area contributed by atoms with Gasteiger partial charge >= 0.3 is 0 Å². The van der Waals surface area contributed by atoms with Crippen molar-refractivity contribution in [3.8, 4) is 0 Å². The Hall–Kier alpha value is -3.18. The summed E-state index contributed by atoms with van der Waals surface area (Å²) in [6.45, 7) is 2.34. The van der Waals surface area contributed by atoms with Gasteiger partial charge in [-0.1, -0.05) is 55.1 Å². The molecule has 0 saturated heterocycles. The summed E-state index contributed by atoms with van der Waals surface area (Å²) in [6, 6.07) is 12.2. The van der Waals surface area contributed by atoms with E-state index in [9.17, 15) is 9.59 Å². The van der Waals surface area contributed by atoms with Gasteiger partial charge in [-0.05, 0) is 61.6 Å². The van der Waals surface area contributed by atoms with Gasteiger partial charge in [-0.15, -0.1) is 10.6 Å². The zero-order valence-corrected chi connectivity index (χ0v) is 24.0. The third kappa shape index (κ3) is 5.54. The summed E-state index contributed by atoms with van der Waals surface area (Å²) in [4.78, 5) is 34.1. The van der Waals surface area contributed by atoms with Crippen molar-refractivity contribution in [2.45, 2.75) is 63.3 Å². The number of benzene rings is 2. The number of amidine groups is 1. The van der Waals surface area contributed by atoms with Crippen LogP contribution in [0.4, 0.5) is 0 Å². The first-order valence-electron chi connectivity index (χ1n) is 13.5. The summed E-state index contributed by atoms with van der Waals surface area (Å²) in [6.07, 6.45) is 4.75. The largest absolute Gasteiger partial charge is 0.377 e. The number of aliphatic imine (C=N–C) groups is 1. The lowest BCUT2D eigenvalue weighted by molar-refractivity contribution is -0.143. The molecule has 12 heteroatoms. The maximum Gasteiger partial charge on any atom is 0.275 e. The fraction of sp³-hybridized carbons (Fsp3) is 0.429. The number of nitrogens with zero attached hydrogens (tertiary/aromatic N) is 3. The summed E-state index contributed by atoms with van der Waals surface area (Å²) >= 11 is 12.6. The molecule has 0 bridgehead atoms. The highest BCUT2D eigenvalue weighted by atomic mass is 35.5. The van der Waals surface area contributed by atoms with E-state index in [4.69, 9.17) is 32.9 Å². The summed E-state index contributed by atoms with van der Waals surface area (Å²) in [7, 11) is 1.69. The van der Waals surface area contributed by atoms with Gasteiger partial charge in [0.1, 0.15) is 11.8 Å². The van der Waals surface area contributed by atoms with Crippen LogP contribution in [0.15, 0.2) is 52.6 Å². The molecular weight excluding hydrogens is 553 g/mol. The Morgan fingerprint density at radius 2 is 1.95 bits per heavy atom. The predicted octanol–water partition coefficient (Wildman–Crippen LogP) is 4.11. The van der Waals surface area contributed by atoms with Crippen LogP contribution in [0.3, 0.4) is 0 Å². The van der Waals surface area contributed by atoms with Crippen molar-refractivity contribution in [2.75, 3.05) is 13.7 Å². The molecule has 2 aromatic carbocycles. The first-order valence-corrected chi connectivity index (χ1v) is 14.3. The van der Waals surface area contributed by atoms with Crippen molar-refractivity contribution in [1.29, 1.82) is 0 Å². The third-order valence-electron chi connectivity index (χ3n) is 7.64. The van der Waals surface area contributed by atoms with Crippen LogP contribution in [0.1, 0.15) is 73.0 Å². The maximum absolute atomic E-state index is 14.3. The molecule has 3 aliphatic rings. The van der Waals surface area contributed by atoms with Crippen LogP contribution < -0.4 is 21.8 Å². The summed E-state index contributed by atoms with van der Waals surface area (Å²) in [5, 5.41) is 7.68. The number of rotatable bonds is 9. The number of hydrazone groups is 1. The minimum Gasteiger partial charge on any atom is -0.377 e. The van der Waals surface area contributed by atoms with E-state index in [1.807, 2.05) is 17.0 Å². The van der Waals surface area contributed by atoms with E-state index < -0.39 is 5.66 Å². The standard InChI is InChI=1S/C28H33Cl2N7O3/c1-3-6-22(17-8-10-18(11-9-17)26(38)31-16-24-33-35-36-34-24)37-27(39)25(19-13-20(29)15-21(30)14-19)32-28(37)12-5-4-7-23(28)40-2/h8-11,13-15,22-23,35-36H,3-7,12,16H2,1-2H3,(H,31,38)(H,33,34). The molecule has 2 aromatic rings. The SMILES string of the molecule is CCCC(c1ccc(C(=O)NCC2=NNNN2)cc1)N1C(=O)C(c2cc(Cl)cc(Cl)c2)=NC12CCCCC2OC. The number of halogens is 2. The number of carbonyl (C=O) groups is 2. The molecule has 4 N–H and O–H groups in total. The highest BCUT2D eigenvalue weighted by Gasteiger charge is 2.55. The van der Waals surface area contributed by atoms with Gasteiger partial charge < -0.3 is 15.0 Å². The number of hydrogen-bond acceptors (Lipinski definition) is 8. The molecule has 1 saturated carbocycles. The van der Waals surface area contributed by atoms with Gasteiger partial charge in [0.25, 0.3) is 11.8 Å². The minimum absolute atomic E-state index is 0.172. The predicted molar refractivity (Wildman–Crippen MR) is 155 cm³/mol. The molecular formula is C28H33Cl2N7O3. The van der Waals surface area contributed by atoms with Gasteiger partial charge in [0.05, 0.1) is 12.6 Å². The van der Waals surface area contributed by atoms with Crippen molar-refractivity contribution in [3.05, 3.63) is 69.2 Å². The van der Waals surface area contributed by atoms with E-state index in [-0.39, 0.29) is 30.5 Å². The Balaban J connectivity index is 1.48. The van der Waals surface area contributed by atoms with Crippen LogP contribution in [-0.4, -0.2) is 53.7 Å². The molecule has 0 radical (unpaired) electrons. The summed E-state index contributed by atoms with van der Waals surface area (Å²) < 4.78 is 5.99. The minimum atomic E-state index is -0.846. The molecule has 3 atom stereocenters. The maximum atomic E-state index is 14.3. The number of ether oxygens (including phenoxy) is 1. The second-order valence-corrected chi connectivity index (χ2v) is 11.0. The molecule has 2 heterocycles. The van der Waals surface area contributed by atoms with E-state index in [1.54, 1.807) is 37.4 Å². The van der Waals surface area contributed by atoms with Crippen LogP contribution in [0.5, 0.6) is 0 Å². The Kier molecular flexibility index (Phi) is 8.60. The normalized spacial score (nSPS) is 22.9. The van der Waals surface area contributed by atoms with Crippen molar-refractivity contribution >= 4 is 46.6 Å². The van der Waals surface area contributed by atoms with Crippen molar-refractivity contribution in [3.63, 3.8) is 0 Å². The Bertz CT molecular complexity index is 1310. The zero-order valence-electron chi connectivity index (χ0n) is 22.5. The smallest absolute Gasteiger partial charge is 0.275 e. The molecule has 1 aliphatic carbocycles. The molecule has 2 aliphatic heterocycles. The lowest BCUT2D eigenvalue weighted by atomic mass is 9.83. The fourth-order valence-electron chi connectivity index (χ4n) is 5.84. The van der Waals surface area contributed by atoms with Gasteiger partial charge in [0.15, 0.2) is 11.5 Å². The molecule has 3 unspecified atom stereocenters. The molecule has 2 amide bonds. The van der Waals surface area contributed by atoms with Crippen LogP contribution in [-0.2, 0) is 9.53 Å². The fourth-order valence-corrected chi connectivity index (χ4v) is 6.37. The zero-order chi connectivity index (χ0) is 28.3. The molecule has 1 spiro atoms. The van der Waals surface area contributed by atoms with Crippen LogP contribution in [0, 0.1) is 0 Å². The second-order valence-electron chi connectivity index (χ2n) is 10.2. The topological polar surface area (TPSA) is 119 Å².